The number of aliphatic hydroxyl groups is 2. The fourth-order valence-corrected chi connectivity index (χ4v) is 5.42. The van der Waals surface area contributed by atoms with Gasteiger partial charge in [0.1, 0.15) is 18.5 Å². The Morgan fingerprint density at radius 2 is 1.98 bits per heavy atom. The van der Waals surface area contributed by atoms with Crippen LogP contribution in [-0.2, 0) is 16.1 Å². The third-order valence-electron chi connectivity index (χ3n) is 6.37. The van der Waals surface area contributed by atoms with Crippen molar-refractivity contribution >= 4 is 63.9 Å². The molecule has 0 heterocycles. The summed E-state index contributed by atoms with van der Waals surface area (Å²) in [5, 5.41) is 24.2. The fourth-order valence-electron chi connectivity index (χ4n) is 4.35. The predicted molar refractivity (Wildman–Crippen MR) is 165 cm³/mol. The zero-order valence-electron chi connectivity index (χ0n) is 22.5. The second-order valence-corrected chi connectivity index (χ2v) is 11.2. The van der Waals surface area contributed by atoms with Crippen LogP contribution in [0.1, 0.15) is 35.7 Å². The van der Waals surface area contributed by atoms with Crippen LogP contribution in [0.2, 0.25) is 10.0 Å². The van der Waals surface area contributed by atoms with Crippen LogP contribution in [0.25, 0.3) is 0 Å². The van der Waals surface area contributed by atoms with Crippen LogP contribution in [0.15, 0.2) is 54.1 Å². The maximum atomic E-state index is 13.5. The van der Waals surface area contributed by atoms with Crippen molar-refractivity contribution in [1.29, 1.82) is 0 Å². The van der Waals surface area contributed by atoms with E-state index in [1.54, 1.807) is 30.3 Å². The van der Waals surface area contributed by atoms with E-state index >= 15 is 0 Å². The summed E-state index contributed by atoms with van der Waals surface area (Å²) in [6, 6.07) is 7.22. The van der Waals surface area contributed by atoms with Crippen LogP contribution in [0.4, 0.5) is 0 Å². The van der Waals surface area contributed by atoms with Gasteiger partial charge in [0.05, 0.1) is 33.4 Å². The maximum Gasteiger partial charge on any atom is 0.247 e. The van der Waals surface area contributed by atoms with E-state index in [4.69, 9.17) is 32.7 Å². The Bertz CT molecular complexity index is 1330. The molecule has 3 N–H and O–H groups in total. The summed E-state index contributed by atoms with van der Waals surface area (Å²) in [5.41, 5.74) is 1.31. The van der Waals surface area contributed by atoms with Crippen molar-refractivity contribution in [3.8, 4) is 11.5 Å². The minimum atomic E-state index is -1.27. The molecule has 0 aromatic heterocycles. The molecule has 3 atom stereocenters. The third kappa shape index (κ3) is 8.45. The molecular formula is C29H31Cl2IN2O7. The number of nitrogens with one attached hydrogen (secondary N) is 1. The smallest absolute Gasteiger partial charge is 0.247 e. The van der Waals surface area contributed by atoms with Crippen molar-refractivity contribution in [2.45, 2.75) is 44.6 Å². The SMILES string of the molecule is CCC=CC(=O)N(Cc1ccc(Cl)c(Cl)c1)[C@@H]1CC(C(=O)NCCO)=C[C@H](Oc2c(I)cc(C=O)cc2OC)[C@H]1O. The standard InChI is InChI=1S/C29H31Cl2IN2O7/c1-3-4-5-26(37)34(15-17-6-7-20(30)21(31)10-17)23-13-19(29(39)33-8-9-35)14-24(27(23)38)41-28-22(32)11-18(16-36)12-25(28)40-2/h4-7,10-12,14,16,23-24,27,35,38H,3,8-9,13,15H2,1-2H3,(H,33,39)/t23-,24+,27+/m1/s1. The van der Waals surface area contributed by atoms with E-state index < -0.39 is 24.2 Å². The molecule has 1 aliphatic rings. The minimum Gasteiger partial charge on any atom is -0.493 e. The molecule has 220 valence electrons. The average Bonchev–Trinajstić information content (AvgIpc) is 2.96. The number of nitrogens with zero attached hydrogens (tertiary/aromatic N) is 1. The van der Waals surface area contributed by atoms with Gasteiger partial charge in [0.15, 0.2) is 11.5 Å². The highest BCUT2D eigenvalue weighted by atomic mass is 127. The normalized spacial score (nSPS) is 18.5. The van der Waals surface area contributed by atoms with Crippen molar-refractivity contribution in [3.05, 3.63) is 78.9 Å². The van der Waals surface area contributed by atoms with Gasteiger partial charge in [-0.15, -0.1) is 0 Å². The van der Waals surface area contributed by atoms with E-state index in [9.17, 15) is 24.6 Å². The van der Waals surface area contributed by atoms with Crippen LogP contribution in [0, 0.1) is 3.57 Å². The van der Waals surface area contributed by atoms with E-state index in [0.717, 1.165) is 0 Å². The van der Waals surface area contributed by atoms with Gasteiger partial charge in [0.25, 0.3) is 0 Å². The second-order valence-electron chi connectivity index (χ2n) is 9.19. The van der Waals surface area contributed by atoms with Gasteiger partial charge in [-0.2, -0.15) is 0 Å². The summed E-state index contributed by atoms with van der Waals surface area (Å²) in [4.78, 5) is 39.3. The van der Waals surface area contributed by atoms with Crippen molar-refractivity contribution < 1.29 is 34.1 Å². The van der Waals surface area contributed by atoms with Crippen LogP contribution in [0.5, 0.6) is 11.5 Å². The number of hydrogen-bond donors (Lipinski definition) is 3. The first kappa shape index (κ1) is 32.9. The van der Waals surface area contributed by atoms with Crippen molar-refractivity contribution in [3.63, 3.8) is 0 Å². The van der Waals surface area contributed by atoms with Crippen molar-refractivity contribution in [1.82, 2.24) is 10.2 Å². The Balaban J connectivity index is 2.07. The number of ether oxygens (including phenoxy) is 2. The number of halogens is 3. The number of rotatable bonds is 12. The lowest BCUT2D eigenvalue weighted by atomic mass is 9.87. The quantitative estimate of drug-likeness (QED) is 0.170. The zero-order chi connectivity index (χ0) is 30.1. The predicted octanol–water partition coefficient (Wildman–Crippen LogP) is 4.33. The van der Waals surface area contributed by atoms with Gasteiger partial charge in [0.2, 0.25) is 11.8 Å². The first-order valence-electron chi connectivity index (χ1n) is 12.8. The summed E-state index contributed by atoms with van der Waals surface area (Å²) < 4.78 is 12.2. The molecule has 0 saturated heterocycles. The van der Waals surface area contributed by atoms with E-state index in [1.807, 2.05) is 29.5 Å². The Kier molecular flexibility index (Phi) is 12.5. The van der Waals surface area contributed by atoms with E-state index in [1.165, 1.54) is 30.2 Å². The number of carbonyl (C=O) groups is 3. The topological polar surface area (TPSA) is 125 Å². The van der Waals surface area contributed by atoms with E-state index in [0.29, 0.717) is 37.4 Å². The highest BCUT2D eigenvalue weighted by Gasteiger charge is 2.40. The monoisotopic (exact) mass is 716 g/mol. The molecule has 0 spiro atoms. The van der Waals surface area contributed by atoms with Crippen LogP contribution in [0.3, 0.4) is 0 Å². The van der Waals surface area contributed by atoms with Gasteiger partial charge in [-0.05, 0) is 71.0 Å². The summed E-state index contributed by atoms with van der Waals surface area (Å²) >= 11 is 14.3. The third-order valence-corrected chi connectivity index (χ3v) is 7.91. The first-order valence-corrected chi connectivity index (χ1v) is 14.6. The molecule has 12 heteroatoms. The Labute approximate surface area is 262 Å². The molecule has 41 heavy (non-hydrogen) atoms. The van der Waals surface area contributed by atoms with E-state index in [-0.39, 0.29) is 49.1 Å². The number of benzene rings is 2. The summed E-state index contributed by atoms with van der Waals surface area (Å²) in [6.45, 7) is 1.73. The highest BCUT2D eigenvalue weighted by Crippen LogP contribution is 2.37. The number of amides is 2. The van der Waals surface area contributed by atoms with Crippen molar-refractivity contribution in [2.75, 3.05) is 20.3 Å². The number of methoxy groups -OCH3 is 1. The summed E-state index contributed by atoms with van der Waals surface area (Å²) in [7, 11) is 1.42. The summed E-state index contributed by atoms with van der Waals surface area (Å²) in [6.07, 6.45) is 3.61. The van der Waals surface area contributed by atoms with Crippen LogP contribution in [-0.4, -0.2) is 71.7 Å². The molecule has 0 radical (unpaired) electrons. The lowest BCUT2D eigenvalue weighted by Crippen LogP contribution is -2.54. The number of hydrogen-bond acceptors (Lipinski definition) is 7. The Morgan fingerprint density at radius 3 is 2.61 bits per heavy atom. The molecule has 0 saturated carbocycles. The molecule has 2 aromatic carbocycles. The molecule has 0 fully saturated rings. The van der Waals surface area contributed by atoms with Gasteiger partial charge in [-0.1, -0.05) is 42.3 Å². The molecule has 0 aliphatic heterocycles. The Morgan fingerprint density at radius 1 is 1.22 bits per heavy atom. The first-order chi connectivity index (χ1) is 19.6. The molecule has 3 rings (SSSR count). The van der Waals surface area contributed by atoms with Crippen molar-refractivity contribution in [2.24, 2.45) is 0 Å². The minimum absolute atomic E-state index is 0.0175. The highest BCUT2D eigenvalue weighted by molar-refractivity contribution is 14.1. The van der Waals surface area contributed by atoms with Gasteiger partial charge in [-0.25, -0.2) is 0 Å². The van der Waals surface area contributed by atoms with Gasteiger partial charge in [-0.3, -0.25) is 14.4 Å². The average molecular weight is 717 g/mol. The largest absolute Gasteiger partial charge is 0.493 e. The number of aliphatic hydroxyl groups excluding tert-OH is 2. The fraction of sp³-hybridized carbons (Fsp3) is 0.345. The number of carbonyl (C=O) groups excluding carboxylic acids is 3. The molecule has 1 aliphatic carbocycles. The molecular weight excluding hydrogens is 686 g/mol. The lowest BCUT2D eigenvalue weighted by Gasteiger charge is -2.40. The molecule has 2 aromatic rings. The lowest BCUT2D eigenvalue weighted by molar-refractivity contribution is -0.134. The van der Waals surface area contributed by atoms with Gasteiger partial charge >= 0.3 is 0 Å². The number of aldehydes is 1. The second kappa shape index (κ2) is 15.5. The maximum absolute atomic E-state index is 13.5. The zero-order valence-corrected chi connectivity index (χ0v) is 26.1. The van der Waals surface area contributed by atoms with Gasteiger partial charge < -0.3 is 29.9 Å². The summed E-state index contributed by atoms with van der Waals surface area (Å²) in [5.74, 6) is -0.306. The molecule has 0 unspecified atom stereocenters. The Hall–Kier alpha value is -2.64. The number of allylic oxidation sites excluding steroid dienone is 1. The molecule has 0 bridgehead atoms. The van der Waals surface area contributed by atoms with Crippen LogP contribution >= 0.6 is 45.8 Å². The molecule has 2 amide bonds. The van der Waals surface area contributed by atoms with Crippen LogP contribution < -0.4 is 14.8 Å². The molecule has 9 nitrogen and oxygen atoms in total. The van der Waals surface area contributed by atoms with E-state index in [2.05, 4.69) is 5.32 Å². The van der Waals surface area contributed by atoms with Gasteiger partial charge in [0, 0.05) is 30.6 Å².